The Morgan fingerprint density at radius 2 is 1.59 bits per heavy atom. The van der Waals surface area contributed by atoms with Crippen molar-refractivity contribution in [1.29, 1.82) is 0 Å². The van der Waals surface area contributed by atoms with Crippen LogP contribution in [-0.4, -0.2) is 0 Å². The minimum atomic E-state index is 0.490. The zero-order valence-corrected chi connectivity index (χ0v) is 10.8. The van der Waals surface area contributed by atoms with Crippen LogP contribution >= 0.6 is 34.8 Å². The van der Waals surface area contributed by atoms with E-state index >= 15 is 0 Å². The van der Waals surface area contributed by atoms with Crippen molar-refractivity contribution < 1.29 is 0 Å². The fourth-order valence-corrected chi connectivity index (χ4v) is 2.94. The highest BCUT2D eigenvalue weighted by Crippen LogP contribution is 2.41. The predicted molar refractivity (Wildman–Crippen MR) is 74.2 cm³/mol. The number of fused-ring (bicyclic) bond motifs is 2. The van der Waals surface area contributed by atoms with Crippen LogP contribution in [-0.2, 0) is 0 Å². The Hall–Kier alpha value is -0.950. The van der Waals surface area contributed by atoms with Crippen molar-refractivity contribution in [3.63, 3.8) is 0 Å². The molecule has 0 bridgehead atoms. The van der Waals surface area contributed by atoms with Gasteiger partial charge in [0.25, 0.3) is 0 Å². The third kappa shape index (κ3) is 1.60. The van der Waals surface area contributed by atoms with Gasteiger partial charge in [0.1, 0.15) is 0 Å². The second-order valence-electron chi connectivity index (χ2n) is 3.68. The molecule has 17 heavy (non-hydrogen) atoms. The average Bonchev–Trinajstić information content (AvgIpc) is 2.36. The van der Waals surface area contributed by atoms with Gasteiger partial charge in [-0.2, -0.15) is 0 Å². The van der Waals surface area contributed by atoms with Gasteiger partial charge < -0.3 is 0 Å². The van der Waals surface area contributed by atoms with Crippen LogP contribution in [0.4, 0.5) is 0 Å². The molecular formula is C14H5Cl3. The molecule has 2 radical (unpaired) electrons. The lowest BCUT2D eigenvalue weighted by molar-refractivity contribution is 1.74. The molecule has 0 saturated carbocycles. The summed E-state index contributed by atoms with van der Waals surface area (Å²) in [6.07, 6.45) is 0. The normalized spacial score (nSPS) is 11.2. The lowest BCUT2D eigenvalue weighted by Crippen LogP contribution is -1.83. The molecule has 3 rings (SSSR count). The molecule has 82 valence electrons. The molecule has 0 unspecified atom stereocenters. The molecule has 0 aliphatic heterocycles. The van der Waals surface area contributed by atoms with Gasteiger partial charge >= 0.3 is 0 Å². The van der Waals surface area contributed by atoms with E-state index in [0.29, 0.717) is 15.1 Å². The summed E-state index contributed by atoms with van der Waals surface area (Å²) in [5.74, 6) is 0. The maximum Gasteiger partial charge on any atom is 0.0579 e. The van der Waals surface area contributed by atoms with Crippen LogP contribution in [0.3, 0.4) is 0 Å². The number of halogens is 3. The van der Waals surface area contributed by atoms with Crippen LogP contribution < -0.4 is 0 Å². The summed E-state index contributed by atoms with van der Waals surface area (Å²) in [4.78, 5) is 0. The minimum Gasteiger partial charge on any atom is -0.0830 e. The van der Waals surface area contributed by atoms with Gasteiger partial charge in [-0.1, -0.05) is 59.1 Å². The lowest BCUT2D eigenvalue weighted by Gasteiger charge is -2.09. The maximum absolute atomic E-state index is 6.37. The number of hydrogen-bond donors (Lipinski definition) is 0. The Kier molecular flexibility index (Phi) is 2.67. The van der Waals surface area contributed by atoms with Crippen molar-refractivity contribution in [2.24, 2.45) is 0 Å². The summed E-state index contributed by atoms with van der Waals surface area (Å²) in [6, 6.07) is 15.0. The van der Waals surface area contributed by atoms with Crippen molar-refractivity contribution in [3.8, 4) is 0 Å². The van der Waals surface area contributed by atoms with E-state index in [1.165, 1.54) is 0 Å². The van der Waals surface area contributed by atoms with Gasteiger partial charge in [-0.15, -0.1) is 0 Å². The predicted octanol–water partition coefficient (Wildman–Crippen LogP) is 5.55. The first kappa shape index (κ1) is 11.2. The Balaban J connectivity index is 2.69. The molecule has 3 heteroatoms. The van der Waals surface area contributed by atoms with Crippen molar-refractivity contribution in [1.82, 2.24) is 0 Å². The van der Waals surface area contributed by atoms with E-state index in [0.717, 1.165) is 21.5 Å². The van der Waals surface area contributed by atoms with Gasteiger partial charge in [0, 0.05) is 27.6 Å². The van der Waals surface area contributed by atoms with E-state index in [1.807, 2.05) is 18.2 Å². The fraction of sp³-hybridized carbons (Fsp3) is 0. The van der Waals surface area contributed by atoms with Crippen LogP contribution in [0.25, 0.3) is 21.5 Å². The smallest absolute Gasteiger partial charge is 0.0579 e. The summed E-state index contributed by atoms with van der Waals surface area (Å²) in [6.45, 7) is 0. The molecule has 0 N–H and O–H groups in total. The second kappa shape index (κ2) is 4.06. The standard InChI is InChI=1S/C14H5Cl3/c15-11-7-3-6-10-12(11)14(17)9-5-2-1-4-8(9)13(10)16/h2-6H. The molecule has 0 atom stereocenters. The van der Waals surface area contributed by atoms with E-state index in [1.54, 1.807) is 12.1 Å². The van der Waals surface area contributed by atoms with E-state index in [2.05, 4.69) is 12.1 Å². The third-order valence-electron chi connectivity index (χ3n) is 2.74. The largest absolute Gasteiger partial charge is 0.0830 e. The minimum absolute atomic E-state index is 0.490. The first-order valence-electron chi connectivity index (χ1n) is 4.97. The molecule has 0 amide bonds. The molecule has 0 aliphatic rings. The zero-order valence-electron chi connectivity index (χ0n) is 8.52. The van der Waals surface area contributed by atoms with Gasteiger partial charge in [0.05, 0.1) is 15.1 Å². The summed E-state index contributed by atoms with van der Waals surface area (Å²) in [7, 11) is 0. The molecule has 0 nitrogen and oxygen atoms in total. The van der Waals surface area contributed by atoms with Gasteiger partial charge in [-0.3, -0.25) is 0 Å². The van der Waals surface area contributed by atoms with Gasteiger partial charge in [0.15, 0.2) is 0 Å². The summed E-state index contributed by atoms with van der Waals surface area (Å²) in [5, 5.41) is 5.09. The van der Waals surface area contributed by atoms with Crippen LogP contribution in [0, 0.1) is 12.1 Å². The second-order valence-corrected chi connectivity index (χ2v) is 4.81. The van der Waals surface area contributed by atoms with Gasteiger partial charge in [-0.25, -0.2) is 0 Å². The SMILES string of the molecule is Clc1c2c[c]ccc2c(Cl)c2c(Cl)[c]ccc12. The lowest BCUT2D eigenvalue weighted by atomic mass is 10.0. The number of benzene rings is 3. The van der Waals surface area contributed by atoms with Crippen LogP contribution in [0.5, 0.6) is 0 Å². The maximum atomic E-state index is 6.37. The monoisotopic (exact) mass is 278 g/mol. The fourth-order valence-electron chi connectivity index (χ4n) is 1.95. The van der Waals surface area contributed by atoms with Crippen molar-refractivity contribution in [3.05, 3.63) is 57.5 Å². The van der Waals surface area contributed by atoms with Crippen LogP contribution in [0.15, 0.2) is 30.3 Å². The van der Waals surface area contributed by atoms with Crippen LogP contribution in [0.1, 0.15) is 0 Å². The molecule has 0 aliphatic carbocycles. The number of hydrogen-bond acceptors (Lipinski definition) is 0. The van der Waals surface area contributed by atoms with Crippen LogP contribution in [0.2, 0.25) is 15.1 Å². The Morgan fingerprint density at radius 1 is 0.824 bits per heavy atom. The molecule has 0 aromatic heterocycles. The van der Waals surface area contributed by atoms with Crippen molar-refractivity contribution in [2.75, 3.05) is 0 Å². The highest BCUT2D eigenvalue weighted by Gasteiger charge is 2.12. The Bertz CT molecular complexity index is 732. The molecule has 0 saturated heterocycles. The Labute approximate surface area is 114 Å². The molecular weight excluding hydrogens is 275 g/mol. The first-order chi connectivity index (χ1) is 8.20. The van der Waals surface area contributed by atoms with E-state index in [9.17, 15) is 0 Å². The Morgan fingerprint density at radius 3 is 2.41 bits per heavy atom. The quantitative estimate of drug-likeness (QED) is 0.473. The van der Waals surface area contributed by atoms with E-state index in [-0.39, 0.29) is 0 Å². The summed E-state index contributed by atoms with van der Waals surface area (Å²) >= 11 is 18.9. The highest BCUT2D eigenvalue weighted by atomic mass is 35.5. The summed E-state index contributed by atoms with van der Waals surface area (Å²) in [5.41, 5.74) is 0. The topological polar surface area (TPSA) is 0 Å². The van der Waals surface area contributed by atoms with Crippen molar-refractivity contribution >= 4 is 56.3 Å². The highest BCUT2D eigenvalue weighted by molar-refractivity contribution is 6.50. The summed E-state index contributed by atoms with van der Waals surface area (Å²) < 4.78 is 0. The van der Waals surface area contributed by atoms with Gasteiger partial charge in [-0.05, 0) is 12.1 Å². The van der Waals surface area contributed by atoms with Gasteiger partial charge in [0.2, 0.25) is 0 Å². The first-order valence-corrected chi connectivity index (χ1v) is 6.10. The molecule has 0 fully saturated rings. The molecule has 0 spiro atoms. The van der Waals surface area contributed by atoms with Crippen molar-refractivity contribution in [2.45, 2.75) is 0 Å². The molecule has 0 heterocycles. The average molecular weight is 280 g/mol. The third-order valence-corrected chi connectivity index (χ3v) is 3.84. The zero-order chi connectivity index (χ0) is 12.0. The molecule has 3 aromatic carbocycles. The van der Waals surface area contributed by atoms with E-state index in [4.69, 9.17) is 34.8 Å². The number of rotatable bonds is 0. The molecule has 3 aromatic rings. The van der Waals surface area contributed by atoms with E-state index < -0.39 is 0 Å².